The van der Waals surface area contributed by atoms with Crippen molar-refractivity contribution in [2.24, 2.45) is 9.98 Å². The third-order valence-electron chi connectivity index (χ3n) is 10.9. The Morgan fingerprint density at radius 3 is 2.00 bits per heavy atom. The lowest BCUT2D eigenvalue weighted by molar-refractivity contribution is 0.669. The molecule has 2 heterocycles. The molecule has 4 nitrogen and oxygen atoms in total. The van der Waals surface area contributed by atoms with Crippen LogP contribution in [0.25, 0.3) is 76.5 Å². The molecule has 10 aromatic rings. The van der Waals surface area contributed by atoms with Gasteiger partial charge in [-0.25, -0.2) is 9.98 Å². The Labute approximate surface area is 317 Å². The van der Waals surface area contributed by atoms with Crippen LogP contribution in [0.2, 0.25) is 0 Å². The number of furan rings is 1. The number of aliphatic imine (C=N–C) groups is 2. The number of hydrogen-bond donors (Lipinski definition) is 1. The molecule has 9 aromatic carbocycles. The number of nitrogens with one attached hydrogen (secondary N) is 1. The summed E-state index contributed by atoms with van der Waals surface area (Å²) in [5.74, 6) is 1.52. The van der Waals surface area contributed by atoms with Gasteiger partial charge in [0.05, 0.1) is 0 Å². The topological polar surface area (TPSA) is 49.9 Å². The SMILES string of the molecule is c1ccc(C2=NC(c3ccc4cc(-c5cccc6oc7ccc(-c8cccc9ccccc89)cc7c56)ccc4c3)NC(c3ccc4ccccc4c3)=N2)cc1. The number of nitrogens with zero attached hydrogens (tertiary/aromatic N) is 2. The van der Waals surface area contributed by atoms with Gasteiger partial charge in [0, 0.05) is 21.9 Å². The van der Waals surface area contributed by atoms with E-state index < -0.39 is 0 Å². The minimum Gasteiger partial charge on any atom is -0.456 e. The van der Waals surface area contributed by atoms with Crippen molar-refractivity contribution in [1.29, 1.82) is 0 Å². The summed E-state index contributed by atoms with van der Waals surface area (Å²) < 4.78 is 6.44. The third-order valence-corrected chi connectivity index (χ3v) is 10.9. The minimum absolute atomic E-state index is 0.305. The maximum atomic E-state index is 6.44. The molecule has 4 heteroatoms. The fraction of sp³-hybridized carbons (Fsp3) is 0.0196. The smallest absolute Gasteiger partial charge is 0.159 e. The van der Waals surface area contributed by atoms with Crippen molar-refractivity contribution in [2.75, 3.05) is 0 Å². The lowest BCUT2D eigenvalue weighted by atomic mass is 9.94. The molecule has 0 aliphatic carbocycles. The summed E-state index contributed by atoms with van der Waals surface area (Å²) in [5, 5.41) is 13.1. The highest BCUT2D eigenvalue weighted by molar-refractivity contribution is 6.15. The second-order valence-corrected chi connectivity index (χ2v) is 14.2. The second kappa shape index (κ2) is 12.7. The van der Waals surface area contributed by atoms with Crippen LogP contribution in [0.1, 0.15) is 22.9 Å². The van der Waals surface area contributed by atoms with Crippen LogP contribution in [-0.2, 0) is 0 Å². The average Bonchev–Trinajstić information content (AvgIpc) is 3.64. The van der Waals surface area contributed by atoms with Gasteiger partial charge in [-0.3, -0.25) is 0 Å². The van der Waals surface area contributed by atoms with Crippen molar-refractivity contribution in [1.82, 2.24) is 5.32 Å². The van der Waals surface area contributed by atoms with Crippen LogP contribution in [0.4, 0.5) is 0 Å². The molecule has 1 unspecified atom stereocenters. The Morgan fingerprint density at radius 1 is 0.418 bits per heavy atom. The first-order valence-corrected chi connectivity index (χ1v) is 18.7. The van der Waals surface area contributed by atoms with Crippen LogP contribution >= 0.6 is 0 Å². The van der Waals surface area contributed by atoms with Crippen molar-refractivity contribution in [3.63, 3.8) is 0 Å². The molecule has 0 saturated heterocycles. The van der Waals surface area contributed by atoms with E-state index in [0.29, 0.717) is 5.84 Å². The monoisotopic (exact) mass is 703 g/mol. The molecule has 0 amide bonds. The van der Waals surface area contributed by atoms with Crippen LogP contribution in [-0.4, -0.2) is 11.7 Å². The van der Waals surface area contributed by atoms with Crippen LogP contribution in [0.5, 0.6) is 0 Å². The van der Waals surface area contributed by atoms with Crippen molar-refractivity contribution in [3.05, 3.63) is 205 Å². The highest BCUT2D eigenvalue weighted by atomic mass is 16.3. The van der Waals surface area contributed by atoms with Crippen LogP contribution < -0.4 is 5.32 Å². The molecule has 0 bridgehead atoms. The summed E-state index contributed by atoms with van der Waals surface area (Å²) in [4.78, 5) is 10.2. The zero-order valence-corrected chi connectivity index (χ0v) is 29.8. The molecule has 0 saturated carbocycles. The van der Waals surface area contributed by atoms with Crippen molar-refractivity contribution in [3.8, 4) is 22.3 Å². The van der Waals surface area contributed by atoms with Gasteiger partial charge >= 0.3 is 0 Å². The molecule has 1 N–H and O–H groups in total. The maximum Gasteiger partial charge on any atom is 0.159 e. The van der Waals surface area contributed by atoms with E-state index in [2.05, 4.69) is 175 Å². The van der Waals surface area contributed by atoms with Crippen LogP contribution in [0, 0.1) is 0 Å². The van der Waals surface area contributed by atoms with E-state index in [4.69, 9.17) is 14.4 Å². The highest BCUT2D eigenvalue weighted by Gasteiger charge is 2.22. The fourth-order valence-electron chi connectivity index (χ4n) is 8.13. The molecular formula is C51H33N3O. The number of rotatable bonds is 5. The molecule has 0 spiro atoms. The number of hydrogen-bond acceptors (Lipinski definition) is 4. The molecule has 0 radical (unpaired) electrons. The fourth-order valence-corrected chi connectivity index (χ4v) is 8.13. The second-order valence-electron chi connectivity index (χ2n) is 14.2. The lowest BCUT2D eigenvalue weighted by Gasteiger charge is -2.24. The summed E-state index contributed by atoms with van der Waals surface area (Å²) >= 11 is 0. The van der Waals surface area contributed by atoms with Crippen LogP contribution in [0.3, 0.4) is 0 Å². The van der Waals surface area contributed by atoms with Crippen LogP contribution in [0.15, 0.2) is 202 Å². The molecule has 55 heavy (non-hydrogen) atoms. The molecule has 1 atom stereocenters. The summed E-state index contributed by atoms with van der Waals surface area (Å²) in [6, 6.07) is 66.5. The predicted molar refractivity (Wildman–Crippen MR) is 229 cm³/mol. The molecule has 1 aliphatic heterocycles. The molecule has 258 valence electrons. The van der Waals surface area contributed by atoms with Gasteiger partial charge in [-0.05, 0) is 96.5 Å². The van der Waals surface area contributed by atoms with Gasteiger partial charge in [-0.1, -0.05) is 152 Å². The molecular weight excluding hydrogens is 671 g/mol. The Hall–Kier alpha value is -7.30. The molecule has 1 aromatic heterocycles. The lowest BCUT2D eigenvalue weighted by Crippen LogP contribution is -2.33. The quantitative estimate of drug-likeness (QED) is 0.194. The summed E-state index contributed by atoms with van der Waals surface area (Å²) in [6.45, 7) is 0. The summed E-state index contributed by atoms with van der Waals surface area (Å²) in [5.41, 5.74) is 9.56. The largest absolute Gasteiger partial charge is 0.456 e. The molecule has 1 aliphatic rings. The minimum atomic E-state index is -0.305. The standard InChI is InChI=1S/C51H33N3O/c1-2-12-34(13-3-1)49-52-50(40-24-20-32-10-4-5-14-35(32)29-40)54-51(53-49)41-25-22-36-28-38(23-21-37(36)30-41)44-18-9-19-47-48(44)45-31-39(26-27-46(45)55-47)43-17-8-15-33-11-6-7-16-42(33)43/h1-31,51H,(H,52,53,54). The van der Waals surface area contributed by atoms with E-state index in [1.807, 2.05) is 18.2 Å². The third kappa shape index (κ3) is 5.46. The van der Waals surface area contributed by atoms with Gasteiger partial charge in [0.1, 0.15) is 23.2 Å². The summed E-state index contributed by atoms with van der Waals surface area (Å²) in [7, 11) is 0. The Balaban J connectivity index is 0.976. The zero-order valence-electron chi connectivity index (χ0n) is 29.8. The molecule has 0 fully saturated rings. The number of benzene rings is 9. The zero-order chi connectivity index (χ0) is 36.3. The van der Waals surface area contributed by atoms with Crippen molar-refractivity contribution < 1.29 is 4.42 Å². The first-order valence-electron chi connectivity index (χ1n) is 18.7. The number of amidine groups is 2. The van der Waals surface area contributed by atoms with E-state index in [1.54, 1.807) is 0 Å². The van der Waals surface area contributed by atoms with Gasteiger partial charge in [0.15, 0.2) is 5.84 Å². The van der Waals surface area contributed by atoms with Gasteiger partial charge < -0.3 is 9.73 Å². The van der Waals surface area contributed by atoms with Crippen molar-refractivity contribution >= 4 is 65.9 Å². The first-order chi connectivity index (χ1) is 27.2. The highest BCUT2D eigenvalue weighted by Crippen LogP contribution is 2.40. The van der Waals surface area contributed by atoms with Gasteiger partial charge in [-0.15, -0.1) is 0 Å². The van der Waals surface area contributed by atoms with Gasteiger partial charge in [0.2, 0.25) is 0 Å². The number of fused-ring (bicyclic) bond motifs is 6. The van der Waals surface area contributed by atoms with E-state index in [9.17, 15) is 0 Å². The predicted octanol–water partition coefficient (Wildman–Crippen LogP) is 12.9. The van der Waals surface area contributed by atoms with E-state index in [1.165, 1.54) is 32.7 Å². The van der Waals surface area contributed by atoms with E-state index in [-0.39, 0.29) is 6.17 Å². The first kappa shape index (κ1) is 31.2. The normalized spacial score (nSPS) is 14.4. The van der Waals surface area contributed by atoms with Gasteiger partial charge in [-0.2, -0.15) is 0 Å². The average molecular weight is 704 g/mol. The Kier molecular flexibility index (Phi) is 7.20. The van der Waals surface area contributed by atoms with E-state index in [0.717, 1.165) is 66.4 Å². The Bertz CT molecular complexity index is 3190. The summed E-state index contributed by atoms with van der Waals surface area (Å²) in [6.07, 6.45) is -0.305. The van der Waals surface area contributed by atoms with E-state index >= 15 is 0 Å². The van der Waals surface area contributed by atoms with Crippen molar-refractivity contribution in [2.45, 2.75) is 6.17 Å². The molecule has 11 rings (SSSR count). The Morgan fingerprint density at radius 2 is 1.07 bits per heavy atom. The van der Waals surface area contributed by atoms with Gasteiger partial charge in [0.25, 0.3) is 0 Å². The maximum absolute atomic E-state index is 6.44.